The summed E-state index contributed by atoms with van der Waals surface area (Å²) < 4.78 is 17.0. The van der Waals surface area contributed by atoms with E-state index in [9.17, 15) is 0 Å². The highest BCUT2D eigenvalue weighted by Gasteiger charge is 2.16. The fourth-order valence-electron chi connectivity index (χ4n) is 2.94. The molecule has 1 N–H and O–H groups in total. The second kappa shape index (κ2) is 10.0. The second-order valence-electron chi connectivity index (χ2n) is 6.24. The molecule has 0 spiro atoms. The largest absolute Gasteiger partial charge is 0.492 e. The van der Waals surface area contributed by atoms with Crippen molar-refractivity contribution >= 4 is 5.69 Å². The van der Waals surface area contributed by atoms with Crippen LogP contribution in [0, 0.1) is 0 Å². The molecule has 5 nitrogen and oxygen atoms in total. The van der Waals surface area contributed by atoms with Crippen molar-refractivity contribution in [2.45, 2.75) is 12.8 Å². The summed E-state index contributed by atoms with van der Waals surface area (Å²) >= 11 is 0. The fourth-order valence-corrected chi connectivity index (χ4v) is 2.94. The van der Waals surface area contributed by atoms with E-state index in [2.05, 4.69) is 23.1 Å². The van der Waals surface area contributed by atoms with Crippen molar-refractivity contribution in [3.8, 4) is 11.5 Å². The van der Waals surface area contributed by atoms with Crippen molar-refractivity contribution in [1.82, 2.24) is 0 Å². The van der Waals surface area contributed by atoms with Gasteiger partial charge < -0.3 is 24.2 Å². The van der Waals surface area contributed by atoms with Crippen LogP contribution in [0.3, 0.4) is 0 Å². The molecule has 0 aromatic heterocycles. The maximum absolute atomic E-state index is 8.71. The Hall–Kier alpha value is -2.24. The van der Waals surface area contributed by atoms with E-state index in [1.54, 1.807) is 0 Å². The van der Waals surface area contributed by atoms with Gasteiger partial charge in [0.05, 0.1) is 25.4 Å². The first-order valence-corrected chi connectivity index (χ1v) is 9.24. The lowest BCUT2D eigenvalue weighted by atomic mass is 10.1. The number of hydrogen-bond donors (Lipinski definition) is 1. The summed E-state index contributed by atoms with van der Waals surface area (Å²) in [5.74, 6) is 1.83. The van der Waals surface area contributed by atoms with E-state index in [1.165, 1.54) is 5.56 Å². The highest BCUT2D eigenvalue weighted by atomic mass is 16.5. The van der Waals surface area contributed by atoms with Crippen molar-refractivity contribution in [2.75, 3.05) is 51.0 Å². The van der Waals surface area contributed by atoms with Gasteiger partial charge in [0.25, 0.3) is 0 Å². The predicted molar refractivity (Wildman–Crippen MR) is 102 cm³/mol. The number of aliphatic hydroxyl groups is 1. The van der Waals surface area contributed by atoms with Crippen LogP contribution in [-0.4, -0.2) is 51.2 Å². The van der Waals surface area contributed by atoms with Gasteiger partial charge in [-0.3, -0.25) is 0 Å². The normalized spacial score (nSPS) is 13.2. The van der Waals surface area contributed by atoms with Crippen molar-refractivity contribution in [3.05, 3.63) is 54.1 Å². The minimum Gasteiger partial charge on any atom is -0.492 e. The van der Waals surface area contributed by atoms with E-state index in [4.69, 9.17) is 19.3 Å². The maximum Gasteiger partial charge on any atom is 0.142 e. The number of nitrogens with zero attached hydrogens (tertiary/aromatic N) is 1. The number of aliphatic hydroxyl groups excluding tert-OH is 1. The average Bonchev–Trinajstić information content (AvgIpc) is 2.69. The Bertz CT molecular complexity index is 659. The minimum absolute atomic E-state index is 0.183. The number of ether oxygens (including phenoxy) is 3. The lowest BCUT2D eigenvalue weighted by Gasteiger charge is -2.31. The standard InChI is InChI=1S/C21H27NO4/c23-13-3-14-24-15-10-18-6-8-19(9-7-18)25-16-11-22-12-17-26-21-5-2-1-4-20(21)22/h1-2,4-9,23H,3,10-17H2. The summed E-state index contributed by atoms with van der Waals surface area (Å²) in [5.41, 5.74) is 2.36. The number of hydrogen-bond acceptors (Lipinski definition) is 5. The number of benzene rings is 2. The molecule has 3 rings (SSSR count). The topological polar surface area (TPSA) is 51.2 Å². The molecular formula is C21H27NO4. The third-order valence-corrected chi connectivity index (χ3v) is 4.36. The van der Waals surface area contributed by atoms with Crippen molar-refractivity contribution in [3.63, 3.8) is 0 Å². The number of anilines is 1. The van der Waals surface area contributed by atoms with Gasteiger partial charge in [-0.1, -0.05) is 24.3 Å². The molecule has 0 saturated heterocycles. The van der Waals surface area contributed by atoms with Crippen LogP contribution < -0.4 is 14.4 Å². The highest BCUT2D eigenvalue weighted by Crippen LogP contribution is 2.30. The Morgan fingerprint density at radius 2 is 1.85 bits per heavy atom. The molecule has 0 fully saturated rings. The van der Waals surface area contributed by atoms with E-state index in [1.807, 2.05) is 30.3 Å². The molecule has 0 aliphatic carbocycles. The molecule has 26 heavy (non-hydrogen) atoms. The van der Waals surface area contributed by atoms with Crippen LogP contribution in [0.5, 0.6) is 11.5 Å². The molecule has 0 unspecified atom stereocenters. The second-order valence-corrected chi connectivity index (χ2v) is 6.24. The van der Waals surface area contributed by atoms with Gasteiger partial charge in [0.1, 0.15) is 24.7 Å². The number of fused-ring (bicyclic) bond motifs is 1. The molecule has 2 aromatic carbocycles. The number of rotatable bonds is 10. The third kappa shape index (κ3) is 5.38. The summed E-state index contributed by atoms with van der Waals surface area (Å²) in [6.45, 7) is 4.54. The molecular weight excluding hydrogens is 330 g/mol. The maximum atomic E-state index is 8.71. The van der Waals surface area contributed by atoms with Gasteiger partial charge in [-0.25, -0.2) is 0 Å². The summed E-state index contributed by atoms with van der Waals surface area (Å²) in [5, 5.41) is 8.71. The van der Waals surface area contributed by atoms with Crippen LogP contribution in [0.1, 0.15) is 12.0 Å². The van der Waals surface area contributed by atoms with Gasteiger partial charge in [0, 0.05) is 13.2 Å². The van der Waals surface area contributed by atoms with Crippen LogP contribution >= 0.6 is 0 Å². The van der Waals surface area contributed by atoms with Crippen LogP contribution in [0.15, 0.2) is 48.5 Å². The van der Waals surface area contributed by atoms with Crippen LogP contribution in [0.2, 0.25) is 0 Å². The van der Waals surface area contributed by atoms with E-state index < -0.39 is 0 Å². The zero-order chi connectivity index (χ0) is 18.0. The van der Waals surface area contributed by atoms with Gasteiger partial charge in [-0.2, -0.15) is 0 Å². The molecule has 1 aliphatic heterocycles. The van der Waals surface area contributed by atoms with Crippen molar-refractivity contribution in [1.29, 1.82) is 0 Å². The Kier molecular flexibility index (Phi) is 7.16. The van der Waals surface area contributed by atoms with Crippen LogP contribution in [-0.2, 0) is 11.2 Å². The first-order valence-electron chi connectivity index (χ1n) is 9.24. The highest BCUT2D eigenvalue weighted by molar-refractivity contribution is 5.59. The average molecular weight is 357 g/mol. The van der Waals surface area contributed by atoms with Gasteiger partial charge in [0.15, 0.2) is 0 Å². The molecule has 140 valence electrons. The molecule has 0 bridgehead atoms. The fraction of sp³-hybridized carbons (Fsp3) is 0.429. The monoisotopic (exact) mass is 357 g/mol. The first kappa shape index (κ1) is 18.5. The molecule has 0 radical (unpaired) electrons. The lowest BCUT2D eigenvalue weighted by Crippen LogP contribution is -2.35. The molecule has 0 saturated carbocycles. The van der Waals surface area contributed by atoms with E-state index in [-0.39, 0.29) is 6.61 Å². The third-order valence-electron chi connectivity index (χ3n) is 4.36. The van der Waals surface area contributed by atoms with Crippen LogP contribution in [0.25, 0.3) is 0 Å². The van der Waals surface area contributed by atoms with Crippen molar-refractivity contribution in [2.24, 2.45) is 0 Å². The van der Waals surface area contributed by atoms with Crippen LogP contribution in [0.4, 0.5) is 5.69 Å². The molecule has 5 heteroatoms. The quantitative estimate of drug-likeness (QED) is 0.663. The smallest absolute Gasteiger partial charge is 0.142 e. The van der Waals surface area contributed by atoms with Gasteiger partial charge in [0.2, 0.25) is 0 Å². The molecule has 2 aromatic rings. The van der Waals surface area contributed by atoms with Gasteiger partial charge >= 0.3 is 0 Å². The van der Waals surface area contributed by atoms with E-state index >= 15 is 0 Å². The molecule has 1 heterocycles. The minimum atomic E-state index is 0.183. The Morgan fingerprint density at radius 1 is 1.00 bits per heavy atom. The Morgan fingerprint density at radius 3 is 2.69 bits per heavy atom. The summed E-state index contributed by atoms with van der Waals surface area (Å²) in [7, 11) is 0. The van der Waals surface area contributed by atoms with E-state index in [0.29, 0.717) is 32.8 Å². The van der Waals surface area contributed by atoms with Crippen molar-refractivity contribution < 1.29 is 19.3 Å². The molecule has 0 amide bonds. The van der Waals surface area contributed by atoms with E-state index in [0.717, 1.165) is 36.7 Å². The Labute approximate surface area is 155 Å². The lowest BCUT2D eigenvalue weighted by molar-refractivity contribution is 0.118. The Balaban J connectivity index is 1.40. The summed E-state index contributed by atoms with van der Waals surface area (Å²) in [6.07, 6.45) is 1.57. The summed E-state index contributed by atoms with van der Waals surface area (Å²) in [6, 6.07) is 16.3. The first-order chi connectivity index (χ1) is 12.9. The summed E-state index contributed by atoms with van der Waals surface area (Å²) in [4.78, 5) is 2.30. The molecule has 1 aliphatic rings. The zero-order valence-corrected chi connectivity index (χ0v) is 15.1. The van der Waals surface area contributed by atoms with Gasteiger partial charge in [-0.15, -0.1) is 0 Å². The number of para-hydroxylation sites is 2. The zero-order valence-electron chi connectivity index (χ0n) is 15.1. The molecule has 0 atom stereocenters. The predicted octanol–water partition coefficient (Wildman–Crippen LogP) is 2.91. The SMILES string of the molecule is OCCCOCCc1ccc(OCCN2CCOc3ccccc32)cc1. The van der Waals surface area contributed by atoms with Gasteiger partial charge in [-0.05, 0) is 42.7 Å².